The highest BCUT2D eigenvalue weighted by Gasteiger charge is 2.14. The number of halogens is 1. The highest BCUT2D eigenvalue weighted by atomic mass is 35.5. The summed E-state index contributed by atoms with van der Waals surface area (Å²) >= 11 is 5.80. The third kappa shape index (κ3) is 2.73. The summed E-state index contributed by atoms with van der Waals surface area (Å²) in [6, 6.07) is 10.4. The van der Waals surface area contributed by atoms with Gasteiger partial charge in [-0.3, -0.25) is 10.1 Å². The molecule has 3 aromatic rings. The highest BCUT2D eigenvalue weighted by molar-refractivity contribution is 6.30. The van der Waals surface area contributed by atoms with Crippen LogP contribution in [0.25, 0.3) is 11.0 Å². The Labute approximate surface area is 131 Å². The topological polar surface area (TPSA) is 83.8 Å². The van der Waals surface area contributed by atoms with Gasteiger partial charge in [-0.25, -0.2) is 4.98 Å². The van der Waals surface area contributed by atoms with Gasteiger partial charge >= 0.3 is 0 Å². The minimum absolute atomic E-state index is 0.0557. The van der Waals surface area contributed by atoms with Crippen LogP contribution < -0.4 is 5.32 Å². The van der Waals surface area contributed by atoms with Gasteiger partial charge in [0.25, 0.3) is 5.69 Å². The van der Waals surface area contributed by atoms with Crippen molar-refractivity contribution in [2.24, 2.45) is 0 Å². The Morgan fingerprint density at radius 1 is 1.36 bits per heavy atom. The van der Waals surface area contributed by atoms with E-state index in [0.717, 1.165) is 16.6 Å². The predicted molar refractivity (Wildman–Crippen MR) is 86.3 cm³/mol. The van der Waals surface area contributed by atoms with Crippen LogP contribution >= 0.6 is 11.6 Å². The molecule has 112 valence electrons. The van der Waals surface area contributed by atoms with E-state index < -0.39 is 4.92 Å². The summed E-state index contributed by atoms with van der Waals surface area (Å²) in [4.78, 5) is 18.3. The summed E-state index contributed by atoms with van der Waals surface area (Å²) in [6.45, 7) is 2.35. The minimum Gasteiger partial charge on any atom is -0.372 e. The molecular formula is C15H13ClN4O2. The van der Waals surface area contributed by atoms with Crippen LogP contribution in [0.2, 0.25) is 5.02 Å². The largest absolute Gasteiger partial charge is 0.372 e. The SMILES string of the molecule is Cc1cccc2[nH]c(CNc3ccc(Cl)cc3[N+](=O)[O-])nc12. The molecule has 0 saturated heterocycles. The molecule has 0 saturated carbocycles. The summed E-state index contributed by atoms with van der Waals surface area (Å²) in [7, 11) is 0. The second kappa shape index (κ2) is 5.65. The van der Waals surface area contributed by atoms with Crippen molar-refractivity contribution in [3.05, 3.63) is 62.9 Å². The molecule has 0 aliphatic rings. The van der Waals surface area contributed by atoms with Crippen molar-refractivity contribution in [1.82, 2.24) is 9.97 Å². The number of hydrogen-bond donors (Lipinski definition) is 2. The molecule has 22 heavy (non-hydrogen) atoms. The summed E-state index contributed by atoms with van der Waals surface area (Å²) in [5, 5.41) is 14.4. The molecule has 0 atom stereocenters. The molecule has 0 spiro atoms. The standard InChI is InChI=1S/C15H13ClN4O2/c1-9-3-2-4-12-15(9)19-14(18-12)8-17-11-6-5-10(16)7-13(11)20(21)22/h2-7,17H,8H2,1H3,(H,18,19). The smallest absolute Gasteiger partial charge is 0.293 e. The average molecular weight is 317 g/mol. The molecule has 3 rings (SSSR count). The number of anilines is 1. The van der Waals surface area contributed by atoms with Crippen LogP contribution in [0, 0.1) is 17.0 Å². The van der Waals surface area contributed by atoms with Gasteiger partial charge in [0, 0.05) is 11.1 Å². The van der Waals surface area contributed by atoms with E-state index >= 15 is 0 Å². The molecule has 1 aromatic heterocycles. The van der Waals surface area contributed by atoms with Crippen LogP contribution in [0.3, 0.4) is 0 Å². The first-order valence-corrected chi connectivity index (χ1v) is 7.04. The van der Waals surface area contributed by atoms with Crippen molar-refractivity contribution < 1.29 is 4.92 Å². The number of para-hydroxylation sites is 1. The molecular weight excluding hydrogens is 304 g/mol. The maximum atomic E-state index is 11.1. The van der Waals surface area contributed by atoms with Crippen LogP contribution in [0.15, 0.2) is 36.4 Å². The minimum atomic E-state index is -0.461. The van der Waals surface area contributed by atoms with Crippen LogP contribution in [0.4, 0.5) is 11.4 Å². The number of hydrogen-bond acceptors (Lipinski definition) is 4. The summed E-state index contributed by atoms with van der Waals surface area (Å²) in [5.41, 5.74) is 3.29. The molecule has 0 unspecified atom stereocenters. The van der Waals surface area contributed by atoms with E-state index in [2.05, 4.69) is 15.3 Å². The van der Waals surface area contributed by atoms with Crippen molar-refractivity contribution in [1.29, 1.82) is 0 Å². The zero-order valence-electron chi connectivity index (χ0n) is 11.8. The first kappa shape index (κ1) is 14.3. The molecule has 2 aromatic carbocycles. The number of aromatic amines is 1. The maximum Gasteiger partial charge on any atom is 0.293 e. The second-order valence-corrected chi connectivity index (χ2v) is 5.36. The highest BCUT2D eigenvalue weighted by Crippen LogP contribution is 2.28. The monoisotopic (exact) mass is 316 g/mol. The van der Waals surface area contributed by atoms with Gasteiger partial charge < -0.3 is 10.3 Å². The quantitative estimate of drug-likeness (QED) is 0.562. The maximum absolute atomic E-state index is 11.1. The van der Waals surface area contributed by atoms with E-state index in [0.29, 0.717) is 23.1 Å². The number of H-pyrrole nitrogens is 1. The Bertz CT molecular complexity index is 860. The van der Waals surface area contributed by atoms with E-state index in [1.165, 1.54) is 6.07 Å². The lowest BCUT2D eigenvalue weighted by Crippen LogP contribution is -2.03. The molecule has 1 heterocycles. The van der Waals surface area contributed by atoms with E-state index in [4.69, 9.17) is 11.6 Å². The van der Waals surface area contributed by atoms with Crippen molar-refractivity contribution in [3.63, 3.8) is 0 Å². The molecule has 6 nitrogen and oxygen atoms in total. The number of benzene rings is 2. The van der Waals surface area contributed by atoms with Crippen molar-refractivity contribution >= 4 is 34.0 Å². The third-order valence-electron chi connectivity index (χ3n) is 3.37. The van der Waals surface area contributed by atoms with Gasteiger partial charge in [-0.15, -0.1) is 0 Å². The summed E-state index contributed by atoms with van der Waals surface area (Å²) in [5.74, 6) is 0.716. The summed E-state index contributed by atoms with van der Waals surface area (Å²) < 4.78 is 0. The van der Waals surface area contributed by atoms with E-state index in [9.17, 15) is 10.1 Å². The average Bonchev–Trinajstić information content (AvgIpc) is 2.90. The number of imidazole rings is 1. The molecule has 0 fully saturated rings. The number of aryl methyl sites for hydroxylation is 1. The lowest BCUT2D eigenvalue weighted by molar-refractivity contribution is -0.383. The Balaban J connectivity index is 1.85. The van der Waals surface area contributed by atoms with Gasteiger partial charge in [-0.1, -0.05) is 23.7 Å². The number of nitro benzene ring substituents is 1. The van der Waals surface area contributed by atoms with E-state index in [1.54, 1.807) is 12.1 Å². The molecule has 7 heteroatoms. The van der Waals surface area contributed by atoms with E-state index in [-0.39, 0.29) is 5.69 Å². The lowest BCUT2D eigenvalue weighted by Gasteiger charge is -2.05. The number of nitrogens with one attached hydrogen (secondary N) is 2. The van der Waals surface area contributed by atoms with Crippen LogP contribution in [-0.4, -0.2) is 14.9 Å². The molecule has 0 bridgehead atoms. The van der Waals surface area contributed by atoms with Gasteiger partial charge in [0.05, 0.1) is 22.5 Å². The molecule has 0 amide bonds. The van der Waals surface area contributed by atoms with E-state index in [1.807, 2.05) is 25.1 Å². The lowest BCUT2D eigenvalue weighted by atomic mass is 10.2. The zero-order chi connectivity index (χ0) is 15.7. The van der Waals surface area contributed by atoms with Crippen molar-refractivity contribution in [2.75, 3.05) is 5.32 Å². The number of rotatable bonds is 4. The van der Waals surface area contributed by atoms with Gasteiger partial charge in [0.2, 0.25) is 0 Å². The first-order valence-electron chi connectivity index (χ1n) is 6.66. The fraction of sp³-hybridized carbons (Fsp3) is 0.133. The Morgan fingerprint density at radius 3 is 2.91 bits per heavy atom. The Hall–Kier alpha value is -2.60. The summed E-state index contributed by atoms with van der Waals surface area (Å²) in [6.07, 6.45) is 0. The predicted octanol–water partition coefficient (Wildman–Crippen LogP) is 4.05. The fourth-order valence-electron chi connectivity index (χ4n) is 2.29. The van der Waals surface area contributed by atoms with Crippen LogP contribution in [-0.2, 0) is 6.54 Å². The Morgan fingerprint density at radius 2 is 2.18 bits per heavy atom. The van der Waals surface area contributed by atoms with Gasteiger partial charge in [-0.2, -0.15) is 0 Å². The normalized spacial score (nSPS) is 10.8. The zero-order valence-corrected chi connectivity index (χ0v) is 12.5. The van der Waals surface area contributed by atoms with Crippen LogP contribution in [0.1, 0.15) is 11.4 Å². The molecule has 2 N–H and O–H groups in total. The number of aromatic nitrogens is 2. The number of nitrogens with zero attached hydrogens (tertiary/aromatic N) is 2. The molecule has 0 radical (unpaired) electrons. The van der Waals surface area contributed by atoms with Gasteiger partial charge in [-0.05, 0) is 30.7 Å². The third-order valence-corrected chi connectivity index (χ3v) is 3.60. The van der Waals surface area contributed by atoms with Crippen molar-refractivity contribution in [3.8, 4) is 0 Å². The molecule has 0 aliphatic carbocycles. The second-order valence-electron chi connectivity index (χ2n) is 4.93. The number of nitro groups is 1. The van der Waals surface area contributed by atoms with Crippen molar-refractivity contribution in [2.45, 2.75) is 13.5 Å². The molecule has 0 aliphatic heterocycles. The number of fused-ring (bicyclic) bond motifs is 1. The fourth-order valence-corrected chi connectivity index (χ4v) is 2.46. The first-order chi connectivity index (χ1) is 10.5. The van der Waals surface area contributed by atoms with Gasteiger partial charge in [0.15, 0.2) is 0 Å². The Kier molecular flexibility index (Phi) is 3.68. The van der Waals surface area contributed by atoms with Crippen LogP contribution in [0.5, 0.6) is 0 Å². The van der Waals surface area contributed by atoms with Gasteiger partial charge in [0.1, 0.15) is 11.5 Å².